The van der Waals surface area contributed by atoms with Crippen LogP contribution in [0.4, 0.5) is 10.1 Å². The summed E-state index contributed by atoms with van der Waals surface area (Å²) in [7, 11) is 0. The molecule has 0 heterocycles. The Morgan fingerprint density at radius 3 is 2.74 bits per heavy atom. The highest BCUT2D eigenvalue weighted by Crippen LogP contribution is 2.30. The van der Waals surface area contributed by atoms with Gasteiger partial charge in [0.25, 0.3) is 5.91 Å². The Morgan fingerprint density at radius 2 is 2.05 bits per heavy atom. The summed E-state index contributed by atoms with van der Waals surface area (Å²) in [6, 6.07) is 8.27. The van der Waals surface area contributed by atoms with E-state index < -0.39 is 11.7 Å². The van der Waals surface area contributed by atoms with Gasteiger partial charge in [-0.1, -0.05) is 17.7 Å². The zero-order chi connectivity index (χ0) is 14.0. The first-order valence-electron chi connectivity index (χ1n) is 5.23. The molecule has 2 N–H and O–H groups in total. The van der Waals surface area contributed by atoms with E-state index >= 15 is 0 Å². The highest BCUT2D eigenvalue weighted by Gasteiger charge is 2.14. The Labute approximate surface area is 122 Å². The van der Waals surface area contributed by atoms with Crippen LogP contribution in [0.15, 0.2) is 40.9 Å². The summed E-state index contributed by atoms with van der Waals surface area (Å²) >= 11 is 9.12. The zero-order valence-corrected chi connectivity index (χ0v) is 11.8. The van der Waals surface area contributed by atoms with E-state index in [0.717, 1.165) is 6.07 Å². The molecule has 98 valence electrons. The largest absolute Gasteiger partial charge is 0.508 e. The van der Waals surface area contributed by atoms with Gasteiger partial charge >= 0.3 is 0 Å². The van der Waals surface area contributed by atoms with Gasteiger partial charge in [0.15, 0.2) is 0 Å². The number of anilines is 1. The highest BCUT2D eigenvalue weighted by molar-refractivity contribution is 9.10. The van der Waals surface area contributed by atoms with Crippen LogP contribution in [0.1, 0.15) is 10.4 Å². The Balaban J connectivity index is 2.28. The summed E-state index contributed by atoms with van der Waals surface area (Å²) in [5.74, 6) is -1.66. The molecule has 2 aromatic carbocycles. The number of halogens is 3. The first-order valence-corrected chi connectivity index (χ1v) is 6.40. The molecular weight excluding hydrogens is 337 g/mol. The molecule has 0 aliphatic carbocycles. The fourth-order valence-electron chi connectivity index (χ4n) is 1.48. The second-order valence-electron chi connectivity index (χ2n) is 3.72. The molecule has 0 radical (unpaired) electrons. The van der Waals surface area contributed by atoms with Gasteiger partial charge in [-0.15, -0.1) is 0 Å². The maximum absolute atomic E-state index is 13.5. The SMILES string of the molecule is O=C(Nc1cccc(Cl)c1Br)c1ccc(O)cc1F. The lowest BCUT2D eigenvalue weighted by Crippen LogP contribution is -2.14. The van der Waals surface area contributed by atoms with Crippen LogP contribution in [0.25, 0.3) is 0 Å². The van der Waals surface area contributed by atoms with Crippen molar-refractivity contribution in [3.05, 3.63) is 57.3 Å². The van der Waals surface area contributed by atoms with Crippen LogP contribution < -0.4 is 5.32 Å². The average molecular weight is 345 g/mol. The van der Waals surface area contributed by atoms with Crippen LogP contribution >= 0.6 is 27.5 Å². The summed E-state index contributed by atoms with van der Waals surface area (Å²) < 4.78 is 14.0. The molecule has 0 saturated heterocycles. The molecule has 0 atom stereocenters. The van der Waals surface area contributed by atoms with E-state index in [2.05, 4.69) is 21.2 Å². The Bertz CT molecular complexity index is 649. The van der Waals surface area contributed by atoms with E-state index in [1.807, 2.05) is 0 Å². The molecule has 19 heavy (non-hydrogen) atoms. The predicted molar refractivity (Wildman–Crippen MR) is 75.2 cm³/mol. The predicted octanol–water partition coefficient (Wildman–Crippen LogP) is 4.20. The van der Waals surface area contributed by atoms with Gasteiger partial charge in [0.05, 0.1) is 20.7 Å². The van der Waals surface area contributed by atoms with Gasteiger partial charge < -0.3 is 10.4 Å². The number of hydrogen-bond donors (Lipinski definition) is 2. The number of carbonyl (C=O) groups excluding carboxylic acids is 1. The molecular formula is C13H8BrClFNO2. The molecule has 0 aliphatic rings. The maximum Gasteiger partial charge on any atom is 0.258 e. The van der Waals surface area contributed by atoms with E-state index in [-0.39, 0.29) is 11.3 Å². The summed E-state index contributed by atoms with van der Waals surface area (Å²) in [5, 5.41) is 12.1. The molecule has 0 bridgehead atoms. The smallest absolute Gasteiger partial charge is 0.258 e. The lowest BCUT2D eigenvalue weighted by atomic mass is 10.2. The number of phenols is 1. The third kappa shape index (κ3) is 3.05. The number of benzene rings is 2. The minimum atomic E-state index is -0.796. The summed E-state index contributed by atoms with van der Waals surface area (Å²) in [5.41, 5.74) is 0.273. The third-order valence-corrected chi connectivity index (χ3v) is 3.79. The molecule has 0 unspecified atom stereocenters. The second-order valence-corrected chi connectivity index (χ2v) is 4.92. The van der Waals surface area contributed by atoms with E-state index in [9.17, 15) is 9.18 Å². The molecule has 0 aliphatic heterocycles. The lowest BCUT2D eigenvalue weighted by Gasteiger charge is -2.09. The van der Waals surface area contributed by atoms with Gasteiger partial charge in [-0.25, -0.2) is 4.39 Å². The number of amides is 1. The molecule has 0 spiro atoms. The van der Waals surface area contributed by atoms with Gasteiger partial charge in [-0.2, -0.15) is 0 Å². The molecule has 0 saturated carbocycles. The lowest BCUT2D eigenvalue weighted by molar-refractivity contribution is 0.102. The van der Waals surface area contributed by atoms with Gasteiger partial charge in [0.1, 0.15) is 11.6 Å². The molecule has 2 aromatic rings. The molecule has 6 heteroatoms. The van der Waals surface area contributed by atoms with Crippen molar-refractivity contribution in [3.8, 4) is 5.75 Å². The Hall–Kier alpha value is -1.59. The van der Waals surface area contributed by atoms with Crippen LogP contribution in [0.3, 0.4) is 0 Å². The molecule has 2 rings (SSSR count). The van der Waals surface area contributed by atoms with Crippen molar-refractivity contribution in [1.29, 1.82) is 0 Å². The summed E-state index contributed by atoms with van der Waals surface area (Å²) in [4.78, 5) is 11.9. The van der Waals surface area contributed by atoms with Crippen molar-refractivity contribution in [2.45, 2.75) is 0 Å². The van der Waals surface area contributed by atoms with Crippen molar-refractivity contribution in [2.24, 2.45) is 0 Å². The van der Waals surface area contributed by atoms with Crippen LogP contribution in [0, 0.1) is 5.82 Å². The quantitative estimate of drug-likeness (QED) is 0.858. The topological polar surface area (TPSA) is 49.3 Å². The fourth-order valence-corrected chi connectivity index (χ4v) is 2.02. The maximum atomic E-state index is 13.5. The van der Waals surface area contributed by atoms with Gasteiger partial charge in [0.2, 0.25) is 0 Å². The van der Waals surface area contributed by atoms with E-state index in [0.29, 0.717) is 15.2 Å². The fraction of sp³-hybridized carbons (Fsp3) is 0. The minimum Gasteiger partial charge on any atom is -0.508 e. The highest BCUT2D eigenvalue weighted by atomic mass is 79.9. The first kappa shape index (κ1) is 13.8. The second kappa shape index (κ2) is 5.59. The molecule has 3 nitrogen and oxygen atoms in total. The van der Waals surface area contributed by atoms with Gasteiger partial charge in [0, 0.05) is 6.07 Å². The van der Waals surface area contributed by atoms with Gasteiger partial charge in [-0.05, 0) is 40.2 Å². The molecule has 0 aromatic heterocycles. The number of aromatic hydroxyl groups is 1. The number of hydrogen-bond acceptors (Lipinski definition) is 2. The Morgan fingerprint density at radius 1 is 1.32 bits per heavy atom. The van der Waals surface area contributed by atoms with Crippen molar-refractivity contribution >= 4 is 39.1 Å². The number of rotatable bonds is 2. The van der Waals surface area contributed by atoms with E-state index in [1.54, 1.807) is 18.2 Å². The van der Waals surface area contributed by atoms with Gasteiger partial charge in [-0.3, -0.25) is 4.79 Å². The molecule has 0 fully saturated rings. The zero-order valence-electron chi connectivity index (χ0n) is 9.45. The number of carbonyl (C=O) groups is 1. The normalized spacial score (nSPS) is 10.3. The summed E-state index contributed by atoms with van der Waals surface area (Å²) in [6.07, 6.45) is 0. The van der Waals surface area contributed by atoms with Crippen LogP contribution in [-0.2, 0) is 0 Å². The number of nitrogens with one attached hydrogen (secondary N) is 1. The van der Waals surface area contributed by atoms with E-state index in [4.69, 9.17) is 16.7 Å². The monoisotopic (exact) mass is 343 g/mol. The van der Waals surface area contributed by atoms with Crippen LogP contribution in [0.5, 0.6) is 5.75 Å². The standard InChI is InChI=1S/C13H8BrClFNO2/c14-12-9(15)2-1-3-11(12)17-13(19)8-5-4-7(18)6-10(8)16/h1-6,18H,(H,17,19). The van der Waals surface area contributed by atoms with Crippen LogP contribution in [0.2, 0.25) is 5.02 Å². The minimum absolute atomic E-state index is 0.162. The summed E-state index contributed by atoms with van der Waals surface area (Å²) in [6.45, 7) is 0. The number of phenolic OH excluding ortho intramolecular Hbond substituents is 1. The first-order chi connectivity index (χ1) is 8.99. The van der Waals surface area contributed by atoms with Crippen molar-refractivity contribution in [1.82, 2.24) is 0 Å². The van der Waals surface area contributed by atoms with Crippen molar-refractivity contribution in [2.75, 3.05) is 5.32 Å². The third-order valence-electron chi connectivity index (χ3n) is 2.40. The van der Waals surface area contributed by atoms with Crippen molar-refractivity contribution < 1.29 is 14.3 Å². The molecule has 1 amide bonds. The van der Waals surface area contributed by atoms with Crippen molar-refractivity contribution in [3.63, 3.8) is 0 Å². The average Bonchev–Trinajstić information content (AvgIpc) is 2.34. The van der Waals surface area contributed by atoms with E-state index in [1.165, 1.54) is 12.1 Å². The Kier molecular flexibility index (Phi) is 4.07. The van der Waals surface area contributed by atoms with Crippen LogP contribution in [-0.4, -0.2) is 11.0 Å².